The van der Waals surface area contributed by atoms with Crippen LogP contribution in [0.3, 0.4) is 0 Å². The number of hydroxylamine groups is 2. The summed E-state index contributed by atoms with van der Waals surface area (Å²) in [6, 6.07) is -2.32. The highest BCUT2D eigenvalue weighted by Gasteiger charge is 2.41. The Bertz CT molecular complexity index is 441. The van der Waals surface area contributed by atoms with Crippen molar-refractivity contribution in [1.82, 2.24) is 5.06 Å². The van der Waals surface area contributed by atoms with Crippen molar-refractivity contribution in [2.45, 2.75) is 51.5 Å². The van der Waals surface area contributed by atoms with E-state index in [2.05, 4.69) is 10.0 Å². The molecule has 9 nitrogen and oxygen atoms in total. The van der Waals surface area contributed by atoms with Crippen molar-refractivity contribution in [1.29, 1.82) is 0 Å². The molecule has 0 saturated carbocycles. The van der Waals surface area contributed by atoms with E-state index >= 15 is 0 Å². The molecule has 0 bridgehead atoms. The van der Waals surface area contributed by atoms with Crippen LogP contribution in [-0.4, -0.2) is 52.4 Å². The van der Waals surface area contributed by atoms with Gasteiger partial charge in [-0.25, -0.2) is 9.86 Å². The predicted octanol–water partition coefficient (Wildman–Crippen LogP) is 0.530. The molecule has 20 heavy (non-hydrogen) atoms. The van der Waals surface area contributed by atoms with Crippen molar-refractivity contribution in [2.75, 3.05) is 6.61 Å². The Hall–Kier alpha value is -1.83. The number of esters is 1. The Morgan fingerprint density at radius 3 is 2.75 bits per heavy atom. The van der Waals surface area contributed by atoms with Crippen LogP contribution in [0.4, 0.5) is 0 Å². The van der Waals surface area contributed by atoms with Crippen LogP contribution in [0.5, 0.6) is 0 Å². The third-order valence-electron chi connectivity index (χ3n) is 2.49. The van der Waals surface area contributed by atoms with E-state index in [-0.39, 0.29) is 6.61 Å². The number of ether oxygens (including phenoxy) is 1. The van der Waals surface area contributed by atoms with Gasteiger partial charge in [-0.3, -0.25) is 9.63 Å². The number of aliphatic hydroxyl groups excluding tert-OH is 1. The first-order chi connectivity index (χ1) is 9.17. The summed E-state index contributed by atoms with van der Waals surface area (Å²) < 4.78 is 5.14. The lowest BCUT2D eigenvalue weighted by atomic mass is 10.1. The number of azide groups is 1. The second kappa shape index (κ2) is 6.08. The van der Waals surface area contributed by atoms with Crippen molar-refractivity contribution in [3.63, 3.8) is 0 Å². The standard InChI is InChI=1S/C11H18N4O5/c1-6(10(18)20-11(2,3)4)15-9(17)8(13-14-12)7(16)5-19-15/h6-8,16H,5H2,1-4H3/t6?,7-,8-/m0/s1. The van der Waals surface area contributed by atoms with Crippen LogP contribution >= 0.6 is 0 Å². The highest BCUT2D eigenvalue weighted by molar-refractivity contribution is 5.87. The molecule has 1 amide bonds. The molecule has 1 fully saturated rings. The van der Waals surface area contributed by atoms with E-state index < -0.39 is 35.7 Å². The van der Waals surface area contributed by atoms with Crippen LogP contribution in [0.1, 0.15) is 27.7 Å². The quantitative estimate of drug-likeness (QED) is 0.350. The second-order valence-corrected chi connectivity index (χ2v) is 5.39. The average molecular weight is 286 g/mol. The van der Waals surface area contributed by atoms with E-state index in [0.29, 0.717) is 0 Å². The molecule has 3 atom stereocenters. The van der Waals surface area contributed by atoms with Gasteiger partial charge in [-0.2, -0.15) is 0 Å². The van der Waals surface area contributed by atoms with E-state index in [1.807, 2.05) is 0 Å². The molecular formula is C11H18N4O5. The Balaban J connectivity index is 2.83. The molecule has 0 radical (unpaired) electrons. The van der Waals surface area contributed by atoms with Crippen LogP contribution in [0.15, 0.2) is 5.11 Å². The van der Waals surface area contributed by atoms with Crippen molar-refractivity contribution >= 4 is 11.9 Å². The van der Waals surface area contributed by atoms with Crippen LogP contribution in [0.25, 0.3) is 10.4 Å². The van der Waals surface area contributed by atoms with Crippen LogP contribution in [0.2, 0.25) is 0 Å². The van der Waals surface area contributed by atoms with Crippen molar-refractivity contribution in [3.05, 3.63) is 10.4 Å². The maximum absolute atomic E-state index is 12.0. The number of nitrogens with zero attached hydrogens (tertiary/aromatic N) is 4. The molecule has 1 heterocycles. The van der Waals surface area contributed by atoms with Gasteiger partial charge in [0.15, 0.2) is 6.04 Å². The third kappa shape index (κ3) is 3.83. The Labute approximate surface area is 116 Å². The topological polar surface area (TPSA) is 125 Å². The molecule has 112 valence electrons. The summed E-state index contributed by atoms with van der Waals surface area (Å²) in [4.78, 5) is 31.4. The van der Waals surface area contributed by atoms with Gasteiger partial charge in [0, 0.05) is 4.91 Å². The fourth-order valence-corrected chi connectivity index (χ4v) is 1.57. The molecule has 1 N–H and O–H groups in total. The molecule has 9 heteroatoms. The van der Waals surface area contributed by atoms with Crippen LogP contribution < -0.4 is 0 Å². The van der Waals surface area contributed by atoms with Crippen LogP contribution in [0, 0.1) is 0 Å². The summed E-state index contributed by atoms with van der Waals surface area (Å²) >= 11 is 0. The summed E-state index contributed by atoms with van der Waals surface area (Å²) in [7, 11) is 0. The monoisotopic (exact) mass is 286 g/mol. The largest absolute Gasteiger partial charge is 0.458 e. The van der Waals surface area contributed by atoms with Crippen molar-refractivity contribution < 1.29 is 24.3 Å². The molecule has 1 unspecified atom stereocenters. The van der Waals surface area contributed by atoms with Crippen molar-refractivity contribution in [2.24, 2.45) is 5.11 Å². The molecule has 1 aliphatic rings. The zero-order valence-electron chi connectivity index (χ0n) is 11.8. The number of aliphatic hydroxyl groups is 1. The first kappa shape index (κ1) is 16.2. The Morgan fingerprint density at radius 1 is 1.65 bits per heavy atom. The van der Waals surface area contributed by atoms with E-state index in [4.69, 9.17) is 15.1 Å². The van der Waals surface area contributed by atoms with E-state index in [9.17, 15) is 14.7 Å². The number of carbonyl (C=O) groups is 2. The Morgan fingerprint density at radius 2 is 2.25 bits per heavy atom. The van der Waals surface area contributed by atoms with Gasteiger partial charge in [-0.15, -0.1) is 0 Å². The molecule has 1 aliphatic heterocycles. The molecule has 0 spiro atoms. The molecule has 0 aromatic rings. The highest BCUT2D eigenvalue weighted by atomic mass is 16.7. The lowest BCUT2D eigenvalue weighted by Gasteiger charge is -2.36. The minimum atomic E-state index is -1.31. The number of carbonyl (C=O) groups excluding carboxylic acids is 2. The maximum Gasteiger partial charge on any atom is 0.331 e. The van der Waals surface area contributed by atoms with Gasteiger partial charge in [0.1, 0.15) is 18.2 Å². The number of hydrogen-bond acceptors (Lipinski definition) is 6. The minimum Gasteiger partial charge on any atom is -0.458 e. The molecule has 0 aliphatic carbocycles. The van der Waals surface area contributed by atoms with Gasteiger partial charge in [-0.05, 0) is 33.2 Å². The molecule has 1 rings (SSSR count). The molecule has 0 aromatic carbocycles. The highest BCUT2D eigenvalue weighted by Crippen LogP contribution is 2.18. The predicted molar refractivity (Wildman–Crippen MR) is 67.0 cm³/mol. The fourth-order valence-electron chi connectivity index (χ4n) is 1.57. The van der Waals surface area contributed by atoms with E-state index in [1.165, 1.54) is 6.92 Å². The lowest BCUT2D eigenvalue weighted by Crippen LogP contribution is -2.56. The summed E-state index contributed by atoms with van der Waals surface area (Å²) in [5, 5.41) is 13.5. The second-order valence-electron chi connectivity index (χ2n) is 5.39. The first-order valence-electron chi connectivity index (χ1n) is 6.08. The van der Waals surface area contributed by atoms with Gasteiger partial charge in [0.25, 0.3) is 5.91 Å². The van der Waals surface area contributed by atoms with Crippen molar-refractivity contribution in [3.8, 4) is 0 Å². The number of rotatable bonds is 3. The molecular weight excluding hydrogens is 268 g/mol. The first-order valence-corrected chi connectivity index (χ1v) is 6.08. The summed E-state index contributed by atoms with van der Waals surface area (Å²) in [5.74, 6) is -1.43. The van der Waals surface area contributed by atoms with Crippen LogP contribution in [-0.2, 0) is 19.2 Å². The van der Waals surface area contributed by atoms with Gasteiger partial charge in [0.05, 0.1) is 6.10 Å². The minimum absolute atomic E-state index is 0.247. The normalized spacial score (nSPS) is 24.9. The smallest absolute Gasteiger partial charge is 0.331 e. The molecule has 0 aromatic heterocycles. The van der Waals surface area contributed by atoms with E-state index in [1.54, 1.807) is 20.8 Å². The average Bonchev–Trinajstić information content (AvgIpc) is 2.31. The van der Waals surface area contributed by atoms with Gasteiger partial charge < -0.3 is 9.84 Å². The van der Waals surface area contributed by atoms with Gasteiger partial charge >= 0.3 is 5.97 Å². The summed E-state index contributed by atoms with van der Waals surface area (Å²) in [6.45, 7) is 6.27. The number of hydrogen-bond donors (Lipinski definition) is 1. The number of amides is 1. The SMILES string of the molecule is CC(C(=O)OC(C)(C)C)N1OC[C@H](O)[C@H](N=[N+]=[N-])C1=O. The fraction of sp³-hybridized carbons (Fsp3) is 0.818. The summed E-state index contributed by atoms with van der Waals surface area (Å²) in [6.07, 6.45) is -1.24. The third-order valence-corrected chi connectivity index (χ3v) is 2.49. The summed E-state index contributed by atoms with van der Waals surface area (Å²) in [5.41, 5.74) is 7.68. The molecule has 1 saturated heterocycles. The van der Waals surface area contributed by atoms with E-state index in [0.717, 1.165) is 5.06 Å². The maximum atomic E-state index is 12.0. The van der Waals surface area contributed by atoms with Gasteiger partial charge in [-0.1, -0.05) is 5.11 Å². The lowest BCUT2D eigenvalue weighted by molar-refractivity contribution is -0.235. The Kier molecular flexibility index (Phi) is 4.93. The zero-order valence-corrected chi connectivity index (χ0v) is 11.8. The van der Waals surface area contributed by atoms with Gasteiger partial charge in [0.2, 0.25) is 0 Å². The zero-order chi connectivity index (χ0) is 15.5.